The van der Waals surface area contributed by atoms with Gasteiger partial charge in [-0.3, -0.25) is 20.3 Å². The molecule has 2 rings (SSSR count). The van der Waals surface area contributed by atoms with Crippen LogP contribution in [0, 0.1) is 10.1 Å². The van der Waals surface area contributed by atoms with Gasteiger partial charge in [-0.1, -0.05) is 0 Å². The lowest BCUT2D eigenvalue weighted by Crippen LogP contribution is -2.56. The van der Waals surface area contributed by atoms with Crippen LogP contribution in [0.2, 0.25) is 0 Å². The molecule has 0 aliphatic carbocycles. The minimum absolute atomic E-state index is 0.0359. The number of nitrogens with zero attached hydrogens (tertiary/aromatic N) is 2. The van der Waals surface area contributed by atoms with Gasteiger partial charge in [-0.25, -0.2) is 0 Å². The van der Waals surface area contributed by atoms with E-state index in [1.807, 2.05) is 0 Å². The summed E-state index contributed by atoms with van der Waals surface area (Å²) in [5, 5.41) is 22.6. The maximum absolute atomic E-state index is 10.6. The van der Waals surface area contributed by atoms with Gasteiger partial charge < -0.3 is 9.84 Å². The van der Waals surface area contributed by atoms with Gasteiger partial charge in [0.2, 0.25) is 0 Å². The van der Waals surface area contributed by atoms with E-state index >= 15 is 0 Å². The largest absolute Gasteiger partial charge is 0.394 e. The summed E-state index contributed by atoms with van der Waals surface area (Å²) in [4.78, 5) is 12.6. The smallest absolute Gasteiger partial charge is 0.266 e. The van der Waals surface area contributed by atoms with E-state index in [0.29, 0.717) is 32.2 Å². The second kappa shape index (κ2) is 5.72. The Morgan fingerprint density at radius 3 is 2.94 bits per heavy atom. The molecule has 2 saturated heterocycles. The van der Waals surface area contributed by atoms with E-state index in [1.54, 1.807) is 0 Å². The van der Waals surface area contributed by atoms with E-state index in [-0.39, 0.29) is 17.6 Å². The SMILES string of the molecule is O=[N+]([O-])C1CCC(N2CCO[C@H](CO)C2)CN1. The molecular formula is C10H19N3O4. The molecule has 2 fully saturated rings. The van der Waals surface area contributed by atoms with Crippen molar-refractivity contribution in [3.05, 3.63) is 10.1 Å². The fraction of sp³-hybridized carbons (Fsp3) is 1.00. The van der Waals surface area contributed by atoms with E-state index in [1.165, 1.54) is 0 Å². The first-order valence-electron chi connectivity index (χ1n) is 6.04. The van der Waals surface area contributed by atoms with E-state index < -0.39 is 6.17 Å². The summed E-state index contributed by atoms with van der Waals surface area (Å²) in [6, 6.07) is 0.323. The lowest BCUT2D eigenvalue weighted by atomic mass is 10.0. The molecule has 2 aliphatic rings. The highest BCUT2D eigenvalue weighted by Gasteiger charge is 2.32. The molecule has 2 heterocycles. The van der Waals surface area contributed by atoms with Crippen LogP contribution in [0.1, 0.15) is 12.8 Å². The summed E-state index contributed by atoms with van der Waals surface area (Å²) in [7, 11) is 0. The van der Waals surface area contributed by atoms with Gasteiger partial charge in [-0.15, -0.1) is 0 Å². The third-order valence-corrected chi connectivity index (χ3v) is 3.51. The number of morpholine rings is 1. The number of rotatable bonds is 3. The highest BCUT2D eigenvalue weighted by molar-refractivity contribution is 4.83. The van der Waals surface area contributed by atoms with Gasteiger partial charge in [0.25, 0.3) is 6.17 Å². The maximum Gasteiger partial charge on any atom is 0.266 e. The number of nitrogens with one attached hydrogen (secondary N) is 1. The van der Waals surface area contributed by atoms with Crippen LogP contribution in [0.25, 0.3) is 0 Å². The Labute approximate surface area is 99.9 Å². The molecule has 7 nitrogen and oxygen atoms in total. The monoisotopic (exact) mass is 245 g/mol. The van der Waals surface area contributed by atoms with Gasteiger partial charge >= 0.3 is 0 Å². The van der Waals surface area contributed by atoms with Gasteiger partial charge in [0.05, 0.1) is 19.3 Å². The minimum atomic E-state index is -0.596. The second-order valence-electron chi connectivity index (χ2n) is 4.61. The fourth-order valence-corrected chi connectivity index (χ4v) is 2.50. The molecule has 0 aromatic heterocycles. The number of ether oxygens (including phenoxy) is 1. The van der Waals surface area contributed by atoms with Gasteiger partial charge in [0.15, 0.2) is 0 Å². The third kappa shape index (κ3) is 3.12. The number of aliphatic hydroxyl groups excluding tert-OH is 1. The maximum atomic E-state index is 10.6. The third-order valence-electron chi connectivity index (χ3n) is 3.51. The lowest BCUT2D eigenvalue weighted by molar-refractivity contribution is -0.532. The fourth-order valence-electron chi connectivity index (χ4n) is 2.50. The Morgan fingerprint density at radius 2 is 2.35 bits per heavy atom. The molecule has 98 valence electrons. The summed E-state index contributed by atoms with van der Waals surface area (Å²) < 4.78 is 5.39. The van der Waals surface area contributed by atoms with E-state index in [0.717, 1.165) is 13.0 Å². The zero-order chi connectivity index (χ0) is 12.3. The summed E-state index contributed by atoms with van der Waals surface area (Å²) in [5.74, 6) is 0. The lowest BCUT2D eigenvalue weighted by Gasteiger charge is -2.39. The zero-order valence-corrected chi connectivity index (χ0v) is 9.75. The predicted molar refractivity (Wildman–Crippen MR) is 60.2 cm³/mol. The first kappa shape index (κ1) is 12.7. The average Bonchev–Trinajstić information content (AvgIpc) is 2.39. The van der Waals surface area contributed by atoms with Crippen molar-refractivity contribution in [1.82, 2.24) is 10.2 Å². The van der Waals surface area contributed by atoms with Crippen LogP contribution < -0.4 is 5.32 Å². The van der Waals surface area contributed by atoms with Gasteiger partial charge in [-0.2, -0.15) is 0 Å². The van der Waals surface area contributed by atoms with Crippen molar-refractivity contribution in [2.75, 3.05) is 32.8 Å². The van der Waals surface area contributed by atoms with Crippen LogP contribution in [0.15, 0.2) is 0 Å². The number of nitro groups is 1. The molecule has 0 aromatic rings. The van der Waals surface area contributed by atoms with Crippen LogP contribution in [-0.2, 0) is 4.74 Å². The molecule has 2 N–H and O–H groups in total. The van der Waals surface area contributed by atoms with Crippen LogP contribution in [0.5, 0.6) is 0 Å². The molecule has 7 heteroatoms. The van der Waals surface area contributed by atoms with Gasteiger partial charge in [0.1, 0.15) is 0 Å². The minimum Gasteiger partial charge on any atom is -0.394 e. The van der Waals surface area contributed by atoms with Crippen molar-refractivity contribution >= 4 is 0 Å². The topological polar surface area (TPSA) is 87.9 Å². The molecule has 2 unspecified atom stereocenters. The summed E-state index contributed by atoms with van der Waals surface area (Å²) in [6.07, 6.45) is 0.688. The highest BCUT2D eigenvalue weighted by Crippen LogP contribution is 2.17. The first-order valence-corrected chi connectivity index (χ1v) is 6.04. The average molecular weight is 245 g/mol. The van der Waals surface area contributed by atoms with Crippen molar-refractivity contribution in [2.45, 2.75) is 31.2 Å². The Kier molecular flexibility index (Phi) is 4.27. The van der Waals surface area contributed by atoms with E-state index in [9.17, 15) is 10.1 Å². The summed E-state index contributed by atoms with van der Waals surface area (Å²) in [5.41, 5.74) is 0. The summed E-state index contributed by atoms with van der Waals surface area (Å²) >= 11 is 0. The molecule has 2 aliphatic heterocycles. The van der Waals surface area contributed by atoms with Crippen molar-refractivity contribution in [2.24, 2.45) is 0 Å². The quantitative estimate of drug-likeness (QED) is 0.491. The predicted octanol–water partition coefficient (Wildman–Crippen LogP) is -0.966. The van der Waals surface area contributed by atoms with Crippen LogP contribution in [-0.4, -0.2) is 66.1 Å². The van der Waals surface area contributed by atoms with Crippen molar-refractivity contribution < 1.29 is 14.8 Å². The number of hydrogen-bond acceptors (Lipinski definition) is 6. The molecule has 0 radical (unpaired) electrons. The summed E-state index contributed by atoms with van der Waals surface area (Å²) in [6.45, 7) is 2.86. The number of hydrogen-bond donors (Lipinski definition) is 2. The van der Waals surface area contributed by atoms with Crippen LogP contribution in [0.4, 0.5) is 0 Å². The molecule has 0 aromatic carbocycles. The van der Waals surface area contributed by atoms with Crippen LogP contribution in [0.3, 0.4) is 0 Å². The molecule has 0 amide bonds. The zero-order valence-electron chi connectivity index (χ0n) is 9.75. The highest BCUT2D eigenvalue weighted by atomic mass is 16.6. The molecule has 17 heavy (non-hydrogen) atoms. The van der Waals surface area contributed by atoms with Gasteiger partial charge in [0, 0.05) is 37.0 Å². The molecule has 0 spiro atoms. The van der Waals surface area contributed by atoms with Crippen molar-refractivity contribution in [3.8, 4) is 0 Å². The van der Waals surface area contributed by atoms with Crippen molar-refractivity contribution in [1.29, 1.82) is 0 Å². The van der Waals surface area contributed by atoms with E-state index in [2.05, 4.69) is 10.2 Å². The number of piperidine rings is 1. The Bertz CT molecular complexity index is 268. The Balaban J connectivity index is 1.81. The molecule has 0 saturated carbocycles. The Hall–Kier alpha value is -0.760. The Morgan fingerprint density at radius 1 is 1.53 bits per heavy atom. The second-order valence-corrected chi connectivity index (χ2v) is 4.61. The normalized spacial score (nSPS) is 35.7. The van der Waals surface area contributed by atoms with Crippen LogP contribution >= 0.6 is 0 Å². The first-order chi connectivity index (χ1) is 8.20. The molecule has 3 atom stereocenters. The standard InChI is InChI=1S/C10H19N3O4/c14-7-9-6-12(3-4-17-9)8-1-2-10(11-5-8)13(15)16/h8-11,14H,1-7H2/t8?,9-,10?/m0/s1. The molecular weight excluding hydrogens is 226 g/mol. The van der Waals surface area contributed by atoms with Gasteiger partial charge in [-0.05, 0) is 6.42 Å². The number of aliphatic hydroxyl groups is 1. The molecule has 0 bridgehead atoms. The van der Waals surface area contributed by atoms with Crippen molar-refractivity contribution in [3.63, 3.8) is 0 Å². The van der Waals surface area contributed by atoms with E-state index in [4.69, 9.17) is 9.84 Å².